The summed E-state index contributed by atoms with van der Waals surface area (Å²) >= 11 is 0. The van der Waals surface area contributed by atoms with Crippen molar-refractivity contribution in [2.75, 3.05) is 26.4 Å². The molecule has 2 heterocycles. The molecular weight excluding hydrogens is 628 g/mol. The maximum absolute atomic E-state index is 11.9. The second-order valence-corrected chi connectivity index (χ2v) is 9.38. The molecule has 14 nitrogen and oxygen atoms in total. The summed E-state index contributed by atoms with van der Waals surface area (Å²) in [5.41, 5.74) is 1.74. The minimum atomic E-state index is -3.41. The molecule has 2 rings (SSSR count). The second kappa shape index (κ2) is 22.4. The molecule has 214 valence electrons. The number of hydrogen-bond donors (Lipinski definition) is 0. The summed E-state index contributed by atoms with van der Waals surface area (Å²) in [6, 6.07) is 7.12. The molecule has 0 radical (unpaired) electrons. The predicted octanol–water partition coefficient (Wildman–Crippen LogP) is 5.32. The van der Waals surface area contributed by atoms with Crippen LogP contribution in [-0.2, 0) is 71.9 Å². The van der Waals surface area contributed by atoms with Crippen LogP contribution >= 0.6 is 15.6 Å². The van der Waals surface area contributed by atoms with E-state index in [0.29, 0.717) is 0 Å². The van der Waals surface area contributed by atoms with Crippen molar-refractivity contribution in [1.82, 2.24) is 9.97 Å². The van der Waals surface area contributed by atoms with Crippen LogP contribution in [0.1, 0.15) is 38.8 Å². The summed E-state index contributed by atoms with van der Waals surface area (Å²) in [7, 11) is -6.81. The quantitative estimate of drug-likeness (QED) is 0.110. The van der Waals surface area contributed by atoms with Crippen LogP contribution in [0.5, 0.6) is 0 Å². The van der Waals surface area contributed by atoms with Gasteiger partial charge >= 0.3 is 38.0 Å². The molecule has 0 spiro atoms. The van der Waals surface area contributed by atoms with Gasteiger partial charge in [0.1, 0.15) is 0 Å². The van der Waals surface area contributed by atoms with Crippen molar-refractivity contribution in [3.8, 4) is 0 Å². The Balaban J connectivity index is 0. The van der Waals surface area contributed by atoms with Gasteiger partial charge in [0, 0.05) is 24.8 Å². The van der Waals surface area contributed by atoms with Crippen LogP contribution in [0.25, 0.3) is 0 Å². The zero-order chi connectivity index (χ0) is 27.3. The first kappa shape index (κ1) is 37.6. The third-order valence-electron chi connectivity index (χ3n) is 3.43. The molecule has 0 aliphatic heterocycles. The van der Waals surface area contributed by atoms with Gasteiger partial charge in [-0.15, -0.1) is 0 Å². The number of phosphoric ester groups is 2. The van der Waals surface area contributed by atoms with Gasteiger partial charge in [0.25, 0.3) is 0 Å². The standard InChI is InChI=1S/2C10H16NO4P.Ag.NO3/c2*1-3-13-16(12,14-4-2)15-9-10-5-7-11-8-6-10;;2-1(3)4/h2*5-8H,3-4,9H2,1-2H3;;/q;;+1;-1. The van der Waals surface area contributed by atoms with Gasteiger partial charge in [0.15, 0.2) is 0 Å². The Morgan fingerprint density at radius 1 is 0.649 bits per heavy atom. The largest absolute Gasteiger partial charge is 1.00 e. The van der Waals surface area contributed by atoms with E-state index in [1.54, 1.807) is 76.7 Å². The van der Waals surface area contributed by atoms with E-state index >= 15 is 0 Å². The van der Waals surface area contributed by atoms with Crippen LogP contribution < -0.4 is 0 Å². The molecule has 0 aliphatic rings. The molecule has 0 unspecified atom stereocenters. The van der Waals surface area contributed by atoms with Crippen molar-refractivity contribution in [2.24, 2.45) is 0 Å². The van der Waals surface area contributed by atoms with E-state index in [4.69, 9.17) is 42.5 Å². The van der Waals surface area contributed by atoms with Crippen LogP contribution in [0, 0.1) is 15.3 Å². The SMILES string of the molecule is CCOP(=O)(OCC)OCc1ccncc1.CCOP(=O)(OCC)OCc1ccncc1.O=[N+]([O-])[O-].[Ag+]. The zero-order valence-corrected chi connectivity index (χ0v) is 24.2. The molecule has 0 aliphatic carbocycles. The number of rotatable bonds is 14. The minimum Gasteiger partial charge on any atom is -0.356 e. The predicted molar refractivity (Wildman–Crippen MR) is 130 cm³/mol. The summed E-state index contributed by atoms with van der Waals surface area (Å²) in [6.45, 7) is 8.45. The number of phosphoric acid groups is 2. The van der Waals surface area contributed by atoms with Gasteiger partial charge in [0.2, 0.25) is 0 Å². The van der Waals surface area contributed by atoms with Crippen LogP contribution in [0.15, 0.2) is 49.1 Å². The molecule has 0 N–H and O–H groups in total. The van der Waals surface area contributed by atoms with E-state index in [0.717, 1.165) is 11.1 Å². The monoisotopic (exact) mass is 659 g/mol. The molecule has 0 atom stereocenters. The molecule has 17 heteroatoms. The fraction of sp³-hybridized carbons (Fsp3) is 0.500. The number of hydrogen-bond acceptors (Lipinski definition) is 13. The Labute approximate surface area is 231 Å². The van der Waals surface area contributed by atoms with Crippen LogP contribution in [0.4, 0.5) is 0 Å². The molecule has 0 saturated heterocycles. The van der Waals surface area contributed by atoms with E-state index in [-0.39, 0.29) is 62.0 Å². The smallest absolute Gasteiger partial charge is 0.356 e. The van der Waals surface area contributed by atoms with Crippen molar-refractivity contribution in [2.45, 2.75) is 40.9 Å². The Bertz CT molecular complexity index is 837. The molecule has 2 aromatic heterocycles. The van der Waals surface area contributed by atoms with Crippen LogP contribution in [0.3, 0.4) is 0 Å². The Hall–Kier alpha value is -1.54. The maximum atomic E-state index is 11.9. The fourth-order valence-corrected chi connectivity index (χ4v) is 4.45. The van der Waals surface area contributed by atoms with Crippen molar-refractivity contribution in [3.05, 3.63) is 75.5 Å². The van der Waals surface area contributed by atoms with E-state index in [9.17, 15) is 9.13 Å². The first-order chi connectivity index (χ1) is 17.1. The molecule has 0 bridgehead atoms. The fourth-order valence-electron chi connectivity index (χ4n) is 2.12. The summed E-state index contributed by atoms with van der Waals surface area (Å²) in [6.07, 6.45) is 6.58. The van der Waals surface area contributed by atoms with E-state index in [1.165, 1.54) is 0 Å². The maximum Gasteiger partial charge on any atom is 1.00 e. The van der Waals surface area contributed by atoms with E-state index in [2.05, 4.69) is 9.97 Å². The number of nitrogens with zero attached hydrogens (tertiary/aromatic N) is 3. The van der Waals surface area contributed by atoms with Crippen LogP contribution in [-0.4, -0.2) is 41.5 Å². The average molecular weight is 660 g/mol. The summed E-state index contributed by atoms with van der Waals surface area (Å²) < 4.78 is 54.1. The van der Waals surface area contributed by atoms with Gasteiger partial charge in [-0.1, -0.05) is 0 Å². The van der Waals surface area contributed by atoms with Crippen LogP contribution in [0.2, 0.25) is 0 Å². The molecule has 2 aromatic rings. The van der Waals surface area contributed by atoms with E-state index in [1.807, 2.05) is 0 Å². The topological polar surface area (TPSA) is 182 Å². The summed E-state index contributed by atoms with van der Waals surface area (Å²) in [4.78, 5) is 16.0. The normalized spacial score (nSPS) is 10.7. The van der Waals surface area contributed by atoms with Gasteiger partial charge in [-0.2, -0.15) is 0 Å². The molecular formula is C20H32AgN3O11P2. The summed E-state index contributed by atoms with van der Waals surface area (Å²) in [5, 5.41) is 14.8. The minimum absolute atomic E-state index is 0. The third kappa shape index (κ3) is 20.1. The Morgan fingerprint density at radius 2 is 0.892 bits per heavy atom. The van der Waals surface area contributed by atoms with E-state index < -0.39 is 20.7 Å². The molecule has 0 saturated carbocycles. The molecule has 0 amide bonds. The first-order valence-corrected chi connectivity index (χ1v) is 13.7. The van der Waals surface area contributed by atoms with Crippen molar-refractivity contribution in [1.29, 1.82) is 0 Å². The third-order valence-corrected chi connectivity index (χ3v) is 6.61. The number of pyridine rings is 2. The molecule has 0 fully saturated rings. The first-order valence-electron chi connectivity index (χ1n) is 10.8. The van der Waals surface area contributed by atoms with Gasteiger partial charge in [0.05, 0.1) is 44.7 Å². The van der Waals surface area contributed by atoms with Crippen molar-refractivity contribution < 1.29 is 63.7 Å². The van der Waals surface area contributed by atoms with Crippen molar-refractivity contribution in [3.63, 3.8) is 0 Å². The Morgan fingerprint density at radius 3 is 1.11 bits per heavy atom. The van der Waals surface area contributed by atoms with Gasteiger partial charge < -0.3 is 15.3 Å². The average Bonchev–Trinajstić information content (AvgIpc) is 2.84. The molecule has 37 heavy (non-hydrogen) atoms. The second-order valence-electron chi connectivity index (χ2n) is 6.05. The van der Waals surface area contributed by atoms with Gasteiger partial charge in [-0.05, 0) is 63.1 Å². The number of aromatic nitrogens is 2. The Kier molecular flexibility index (Phi) is 22.8. The molecule has 0 aromatic carbocycles. The van der Waals surface area contributed by atoms with Gasteiger partial charge in [-0.3, -0.25) is 37.1 Å². The zero-order valence-electron chi connectivity index (χ0n) is 20.9. The van der Waals surface area contributed by atoms with Gasteiger partial charge in [-0.25, -0.2) is 9.13 Å². The summed E-state index contributed by atoms with van der Waals surface area (Å²) in [5.74, 6) is 0. The van der Waals surface area contributed by atoms with Crippen molar-refractivity contribution >= 4 is 15.6 Å².